The van der Waals surface area contributed by atoms with Crippen molar-refractivity contribution >= 4 is 0 Å². The fraction of sp³-hybridized carbons (Fsp3) is 0.600. The summed E-state index contributed by atoms with van der Waals surface area (Å²) in [7, 11) is 1.77. The average Bonchev–Trinajstić information content (AvgIpc) is 2.41. The molecule has 1 fully saturated rings. The van der Waals surface area contributed by atoms with Gasteiger partial charge in [-0.05, 0) is 12.5 Å². The smallest absolute Gasteiger partial charge is 0.0589 e. The summed E-state index contributed by atoms with van der Waals surface area (Å²) in [6.45, 7) is 9.78. The zero-order chi connectivity index (χ0) is 12.8. The van der Waals surface area contributed by atoms with Crippen LogP contribution in [0.1, 0.15) is 11.1 Å². The highest BCUT2D eigenvalue weighted by Crippen LogP contribution is 2.09. The van der Waals surface area contributed by atoms with E-state index in [-0.39, 0.29) is 0 Å². The van der Waals surface area contributed by atoms with Crippen LogP contribution in [-0.4, -0.2) is 56.2 Å². The van der Waals surface area contributed by atoms with E-state index in [1.807, 2.05) is 0 Å². The number of piperazine rings is 1. The molecular formula is C15H24N2O. The number of methoxy groups -OCH3 is 1. The Labute approximate surface area is 110 Å². The van der Waals surface area contributed by atoms with E-state index in [0.717, 1.165) is 45.9 Å². The Morgan fingerprint density at radius 1 is 1.00 bits per heavy atom. The molecule has 2 rings (SSSR count). The van der Waals surface area contributed by atoms with Crippen LogP contribution in [0, 0.1) is 6.92 Å². The molecule has 1 aromatic rings. The number of benzene rings is 1. The van der Waals surface area contributed by atoms with E-state index in [0.29, 0.717) is 0 Å². The first-order valence-corrected chi connectivity index (χ1v) is 6.77. The normalized spacial score (nSPS) is 18.1. The second-order valence-electron chi connectivity index (χ2n) is 5.10. The third-order valence-corrected chi connectivity index (χ3v) is 3.60. The van der Waals surface area contributed by atoms with Crippen molar-refractivity contribution in [3.05, 3.63) is 35.4 Å². The first-order chi connectivity index (χ1) is 8.78. The Morgan fingerprint density at radius 2 is 1.61 bits per heavy atom. The first-order valence-electron chi connectivity index (χ1n) is 6.77. The molecule has 100 valence electrons. The Hall–Kier alpha value is -0.900. The van der Waals surface area contributed by atoms with Gasteiger partial charge in [0.25, 0.3) is 0 Å². The largest absolute Gasteiger partial charge is 0.383 e. The van der Waals surface area contributed by atoms with Crippen molar-refractivity contribution in [3.63, 3.8) is 0 Å². The summed E-state index contributed by atoms with van der Waals surface area (Å²) < 4.78 is 5.12. The molecule has 1 saturated heterocycles. The van der Waals surface area contributed by atoms with Crippen LogP contribution in [0.5, 0.6) is 0 Å². The number of hydrogen-bond donors (Lipinski definition) is 0. The van der Waals surface area contributed by atoms with E-state index in [4.69, 9.17) is 4.74 Å². The molecule has 0 amide bonds. The molecule has 0 aromatic heterocycles. The molecule has 1 heterocycles. The fourth-order valence-corrected chi connectivity index (χ4v) is 2.34. The van der Waals surface area contributed by atoms with Gasteiger partial charge < -0.3 is 4.74 Å². The summed E-state index contributed by atoms with van der Waals surface area (Å²) in [6.07, 6.45) is 0. The predicted octanol–water partition coefficient (Wildman–Crippen LogP) is 1.76. The van der Waals surface area contributed by atoms with Gasteiger partial charge in [0.15, 0.2) is 0 Å². The standard InChI is InChI=1S/C15H24N2O/c1-14-3-5-15(6-4-14)13-17-9-7-16(8-10-17)11-12-18-2/h3-6H,7-13H2,1-2H3. The van der Waals surface area contributed by atoms with Gasteiger partial charge in [0.05, 0.1) is 6.61 Å². The van der Waals surface area contributed by atoms with Gasteiger partial charge >= 0.3 is 0 Å². The maximum Gasteiger partial charge on any atom is 0.0589 e. The zero-order valence-electron chi connectivity index (χ0n) is 11.6. The van der Waals surface area contributed by atoms with Crippen LogP contribution in [0.15, 0.2) is 24.3 Å². The molecule has 0 N–H and O–H groups in total. The molecular weight excluding hydrogens is 224 g/mol. The van der Waals surface area contributed by atoms with E-state index in [9.17, 15) is 0 Å². The second kappa shape index (κ2) is 6.88. The monoisotopic (exact) mass is 248 g/mol. The Balaban J connectivity index is 1.74. The van der Waals surface area contributed by atoms with E-state index in [1.54, 1.807) is 7.11 Å². The highest BCUT2D eigenvalue weighted by Gasteiger charge is 2.16. The van der Waals surface area contributed by atoms with Crippen LogP contribution in [0.2, 0.25) is 0 Å². The minimum Gasteiger partial charge on any atom is -0.383 e. The molecule has 0 radical (unpaired) electrons. The van der Waals surface area contributed by atoms with Crippen LogP contribution in [-0.2, 0) is 11.3 Å². The molecule has 0 saturated carbocycles. The van der Waals surface area contributed by atoms with Gasteiger partial charge in [0.1, 0.15) is 0 Å². The lowest BCUT2D eigenvalue weighted by Gasteiger charge is -2.34. The van der Waals surface area contributed by atoms with Gasteiger partial charge in [-0.1, -0.05) is 29.8 Å². The molecule has 3 nitrogen and oxygen atoms in total. The predicted molar refractivity (Wildman–Crippen MR) is 74.8 cm³/mol. The molecule has 18 heavy (non-hydrogen) atoms. The highest BCUT2D eigenvalue weighted by molar-refractivity contribution is 5.21. The summed E-state index contributed by atoms with van der Waals surface area (Å²) in [4.78, 5) is 5.02. The lowest BCUT2D eigenvalue weighted by atomic mass is 10.1. The van der Waals surface area contributed by atoms with Crippen LogP contribution >= 0.6 is 0 Å². The van der Waals surface area contributed by atoms with Crippen molar-refractivity contribution in [2.45, 2.75) is 13.5 Å². The van der Waals surface area contributed by atoms with Crippen molar-refractivity contribution in [3.8, 4) is 0 Å². The van der Waals surface area contributed by atoms with E-state index >= 15 is 0 Å². The van der Waals surface area contributed by atoms with Crippen LogP contribution < -0.4 is 0 Å². The van der Waals surface area contributed by atoms with E-state index in [2.05, 4.69) is 41.0 Å². The fourth-order valence-electron chi connectivity index (χ4n) is 2.34. The van der Waals surface area contributed by atoms with Crippen LogP contribution in [0.4, 0.5) is 0 Å². The van der Waals surface area contributed by atoms with Gasteiger partial charge in [0.2, 0.25) is 0 Å². The topological polar surface area (TPSA) is 15.7 Å². The molecule has 0 bridgehead atoms. The minimum absolute atomic E-state index is 0.845. The Kier molecular flexibility index (Phi) is 5.17. The Morgan fingerprint density at radius 3 is 2.22 bits per heavy atom. The SMILES string of the molecule is COCCN1CCN(Cc2ccc(C)cc2)CC1. The van der Waals surface area contributed by atoms with Crippen molar-refractivity contribution in [1.29, 1.82) is 0 Å². The number of rotatable bonds is 5. The lowest BCUT2D eigenvalue weighted by Crippen LogP contribution is -2.46. The van der Waals surface area contributed by atoms with E-state index < -0.39 is 0 Å². The summed E-state index contributed by atoms with van der Waals surface area (Å²) in [6, 6.07) is 8.88. The zero-order valence-corrected chi connectivity index (χ0v) is 11.6. The van der Waals surface area contributed by atoms with Gasteiger partial charge in [-0.2, -0.15) is 0 Å². The maximum absolute atomic E-state index is 5.12. The number of hydrogen-bond acceptors (Lipinski definition) is 3. The maximum atomic E-state index is 5.12. The van der Waals surface area contributed by atoms with Crippen molar-refractivity contribution in [1.82, 2.24) is 9.80 Å². The third kappa shape index (κ3) is 4.09. The molecule has 0 aliphatic carbocycles. The molecule has 1 aliphatic rings. The van der Waals surface area contributed by atoms with Crippen molar-refractivity contribution in [2.75, 3.05) is 46.4 Å². The third-order valence-electron chi connectivity index (χ3n) is 3.60. The summed E-state index contributed by atoms with van der Waals surface area (Å²) in [5, 5.41) is 0. The average molecular weight is 248 g/mol. The number of ether oxygens (including phenoxy) is 1. The molecule has 0 spiro atoms. The van der Waals surface area contributed by atoms with E-state index in [1.165, 1.54) is 11.1 Å². The lowest BCUT2D eigenvalue weighted by molar-refractivity contribution is 0.0938. The highest BCUT2D eigenvalue weighted by atomic mass is 16.5. The number of nitrogens with zero attached hydrogens (tertiary/aromatic N) is 2. The van der Waals surface area contributed by atoms with Crippen molar-refractivity contribution < 1.29 is 4.74 Å². The summed E-state index contributed by atoms with van der Waals surface area (Å²) in [5.74, 6) is 0. The number of aryl methyl sites for hydroxylation is 1. The Bertz CT molecular complexity index is 342. The van der Waals surface area contributed by atoms with Gasteiger partial charge in [-0.15, -0.1) is 0 Å². The summed E-state index contributed by atoms with van der Waals surface area (Å²) in [5.41, 5.74) is 2.76. The molecule has 1 aliphatic heterocycles. The van der Waals surface area contributed by atoms with Crippen molar-refractivity contribution in [2.24, 2.45) is 0 Å². The second-order valence-corrected chi connectivity index (χ2v) is 5.10. The molecule has 0 atom stereocenters. The first kappa shape index (κ1) is 13.5. The molecule has 1 aromatic carbocycles. The quantitative estimate of drug-likeness (QED) is 0.789. The molecule has 3 heteroatoms. The minimum atomic E-state index is 0.845. The summed E-state index contributed by atoms with van der Waals surface area (Å²) >= 11 is 0. The van der Waals surface area contributed by atoms with Gasteiger partial charge in [0, 0.05) is 46.4 Å². The molecule has 0 unspecified atom stereocenters. The van der Waals surface area contributed by atoms with Crippen LogP contribution in [0.3, 0.4) is 0 Å². The van der Waals surface area contributed by atoms with Gasteiger partial charge in [-0.25, -0.2) is 0 Å². The van der Waals surface area contributed by atoms with Gasteiger partial charge in [-0.3, -0.25) is 9.80 Å². The van der Waals surface area contributed by atoms with Crippen LogP contribution in [0.25, 0.3) is 0 Å².